The average molecular weight is 1020 g/mol. The molecule has 8 heteroatoms. The first-order valence-corrected chi connectivity index (χ1v) is 26.0. The van der Waals surface area contributed by atoms with Crippen molar-refractivity contribution in [1.82, 2.24) is 9.13 Å². The molecule has 11 rings (SSSR count). The van der Waals surface area contributed by atoms with Crippen LogP contribution in [0.25, 0.3) is 98.8 Å². The molecule has 0 unspecified atom stereocenters. The number of halogens is 6. The number of hydrogen-bond acceptors (Lipinski definition) is 0. The lowest BCUT2D eigenvalue weighted by Crippen LogP contribution is -2.10. The molecule has 2 heterocycles. The fraction of sp³-hybridized carbons (Fsp3) is 0.265. The Labute approximate surface area is 440 Å². The third kappa shape index (κ3) is 8.62. The van der Waals surface area contributed by atoms with Crippen LogP contribution in [0.2, 0.25) is 0 Å². The van der Waals surface area contributed by atoms with E-state index in [2.05, 4.69) is 189 Å². The van der Waals surface area contributed by atoms with Crippen LogP contribution < -0.4 is 0 Å². The molecule has 2 nitrogen and oxygen atoms in total. The number of hydrogen-bond donors (Lipinski definition) is 0. The molecule has 386 valence electrons. The lowest BCUT2D eigenvalue weighted by atomic mass is 9.85. The molecule has 0 fully saturated rings. The van der Waals surface area contributed by atoms with E-state index in [0.29, 0.717) is 22.3 Å². The number of fused-ring (bicyclic) bond motifs is 8. The number of alkyl halides is 6. The van der Waals surface area contributed by atoms with Gasteiger partial charge in [0.25, 0.3) is 0 Å². The Morgan fingerprint density at radius 1 is 0.250 bits per heavy atom. The van der Waals surface area contributed by atoms with Gasteiger partial charge in [0.05, 0.1) is 33.2 Å². The zero-order valence-electron chi connectivity index (χ0n) is 45.2. The Hall–Kier alpha value is -7.32. The molecule has 0 amide bonds. The maximum absolute atomic E-state index is 14.3. The first-order chi connectivity index (χ1) is 35.5. The van der Waals surface area contributed by atoms with E-state index in [4.69, 9.17) is 0 Å². The molecule has 0 aliphatic carbocycles. The number of aromatic nitrogens is 2. The Bertz CT molecular complexity index is 3720. The predicted molar refractivity (Wildman–Crippen MR) is 306 cm³/mol. The summed E-state index contributed by atoms with van der Waals surface area (Å²) in [5.41, 5.74) is 11.0. The molecule has 2 aromatic heterocycles. The summed E-state index contributed by atoms with van der Waals surface area (Å²) in [6.45, 7) is 26.4. The van der Waals surface area contributed by atoms with Crippen LogP contribution in [0.4, 0.5) is 26.3 Å². The van der Waals surface area contributed by atoms with Crippen molar-refractivity contribution in [1.29, 1.82) is 0 Å². The van der Waals surface area contributed by atoms with Crippen LogP contribution in [-0.4, -0.2) is 9.13 Å². The lowest BCUT2D eigenvalue weighted by molar-refractivity contribution is -0.138. The topological polar surface area (TPSA) is 9.86 Å². The zero-order valence-corrected chi connectivity index (χ0v) is 45.2. The summed E-state index contributed by atoms with van der Waals surface area (Å²) in [5.74, 6) is 0. The van der Waals surface area contributed by atoms with Crippen LogP contribution in [0.3, 0.4) is 0 Å². The standard InChI is InChI=1S/C68H62F6N2/c1-63(2,3)43-21-29-57-51(33-43)52-34-44(64(4,5)6)22-30-58(52)75(57)47-25-27-49-55(37-47)61(39-13-17-41(18-14-39)67(69,70)71)50-28-26-48(38-56(50)62(49)40-15-19-42(20-16-40)68(72,73)74)76-59-31-23-45(65(7,8)9)35-53(59)54-36-46(66(10,11)12)24-32-60(54)76/h13-38H,1-12H3. The second kappa shape index (κ2) is 17.1. The van der Waals surface area contributed by atoms with Gasteiger partial charge in [0, 0.05) is 32.9 Å². The van der Waals surface area contributed by atoms with Gasteiger partial charge in [0.2, 0.25) is 0 Å². The van der Waals surface area contributed by atoms with Crippen molar-refractivity contribution in [2.75, 3.05) is 0 Å². The molecule has 11 aromatic rings. The Morgan fingerprint density at radius 2 is 0.500 bits per heavy atom. The maximum atomic E-state index is 14.3. The van der Waals surface area contributed by atoms with Crippen molar-refractivity contribution in [3.63, 3.8) is 0 Å². The molecule has 0 aliphatic rings. The van der Waals surface area contributed by atoms with E-state index < -0.39 is 23.5 Å². The summed E-state index contributed by atoms with van der Waals surface area (Å²) in [4.78, 5) is 0. The number of benzene rings is 9. The first-order valence-electron chi connectivity index (χ1n) is 26.0. The van der Waals surface area contributed by atoms with Crippen LogP contribution in [0.1, 0.15) is 116 Å². The van der Waals surface area contributed by atoms with Gasteiger partial charge in [-0.15, -0.1) is 0 Å². The van der Waals surface area contributed by atoms with Crippen LogP contribution in [0, 0.1) is 0 Å². The predicted octanol–water partition coefficient (Wildman–Crippen LogP) is 20.7. The smallest absolute Gasteiger partial charge is 0.309 e. The van der Waals surface area contributed by atoms with Crippen LogP contribution >= 0.6 is 0 Å². The molecular weight excluding hydrogens is 959 g/mol. The second-order valence-electron chi connectivity index (χ2n) is 25.0. The monoisotopic (exact) mass is 1020 g/mol. The molecule has 0 N–H and O–H groups in total. The Kier molecular flexibility index (Phi) is 11.4. The molecule has 76 heavy (non-hydrogen) atoms. The fourth-order valence-electron chi connectivity index (χ4n) is 11.2. The summed E-state index contributed by atoms with van der Waals surface area (Å²) in [7, 11) is 0. The molecule has 0 atom stereocenters. The summed E-state index contributed by atoms with van der Waals surface area (Å²) in [5, 5.41) is 7.35. The molecule has 9 aromatic carbocycles. The summed E-state index contributed by atoms with van der Waals surface area (Å²) < 4.78 is 90.3. The minimum absolute atomic E-state index is 0.119. The first kappa shape index (κ1) is 50.8. The highest BCUT2D eigenvalue weighted by Gasteiger charge is 2.32. The van der Waals surface area contributed by atoms with Gasteiger partial charge >= 0.3 is 12.4 Å². The molecule has 0 spiro atoms. The van der Waals surface area contributed by atoms with Crippen molar-refractivity contribution >= 4 is 65.2 Å². The van der Waals surface area contributed by atoms with Crippen molar-refractivity contribution in [2.45, 2.75) is 117 Å². The highest BCUT2D eigenvalue weighted by Crippen LogP contribution is 2.48. The van der Waals surface area contributed by atoms with Crippen molar-refractivity contribution < 1.29 is 26.3 Å². The number of rotatable bonds is 4. The third-order valence-corrected chi connectivity index (χ3v) is 15.6. The van der Waals surface area contributed by atoms with Gasteiger partial charge in [-0.1, -0.05) is 144 Å². The van der Waals surface area contributed by atoms with E-state index in [-0.39, 0.29) is 21.7 Å². The quantitative estimate of drug-likeness (QED) is 0.123. The van der Waals surface area contributed by atoms with Gasteiger partial charge < -0.3 is 9.13 Å². The van der Waals surface area contributed by atoms with Crippen LogP contribution in [0.15, 0.2) is 158 Å². The fourth-order valence-corrected chi connectivity index (χ4v) is 11.2. The van der Waals surface area contributed by atoms with Gasteiger partial charge in [0.1, 0.15) is 0 Å². The lowest BCUT2D eigenvalue weighted by Gasteiger charge is -2.21. The van der Waals surface area contributed by atoms with E-state index in [1.165, 1.54) is 46.5 Å². The van der Waals surface area contributed by atoms with Crippen molar-refractivity contribution in [3.8, 4) is 33.6 Å². The van der Waals surface area contributed by atoms with Crippen molar-refractivity contribution in [3.05, 3.63) is 191 Å². The summed E-state index contributed by atoms with van der Waals surface area (Å²) in [6.07, 6.45) is -9.12. The van der Waals surface area contributed by atoms with Crippen molar-refractivity contribution in [2.24, 2.45) is 0 Å². The Morgan fingerprint density at radius 3 is 0.737 bits per heavy atom. The minimum atomic E-state index is -4.56. The largest absolute Gasteiger partial charge is 0.416 e. The number of nitrogens with zero attached hydrogens (tertiary/aromatic N) is 2. The highest BCUT2D eigenvalue weighted by atomic mass is 19.4. The minimum Gasteiger partial charge on any atom is -0.309 e. The highest BCUT2D eigenvalue weighted by molar-refractivity contribution is 6.23. The van der Waals surface area contributed by atoms with Crippen LogP contribution in [0.5, 0.6) is 0 Å². The second-order valence-corrected chi connectivity index (χ2v) is 25.0. The summed E-state index contributed by atoms with van der Waals surface area (Å²) >= 11 is 0. The van der Waals surface area contributed by atoms with Gasteiger partial charge in [0.15, 0.2) is 0 Å². The third-order valence-electron chi connectivity index (χ3n) is 15.6. The van der Waals surface area contributed by atoms with Gasteiger partial charge in [-0.25, -0.2) is 0 Å². The summed E-state index contributed by atoms with van der Waals surface area (Å²) in [6, 6.07) is 49.5. The van der Waals surface area contributed by atoms with Gasteiger partial charge in [-0.05, 0) is 185 Å². The maximum Gasteiger partial charge on any atom is 0.416 e. The average Bonchev–Trinajstić information content (AvgIpc) is 3.86. The SMILES string of the molecule is CC(C)(C)c1ccc2c(c1)c1cc(C(C)(C)C)ccc1n2-c1ccc2c(-c3ccc(C(F)(F)F)cc3)c3cc(-n4c5ccc(C(C)(C)C)cc5c5cc(C(C)(C)C)ccc54)ccc3c(-c3ccc(C(F)(F)F)cc3)c2c1. The molecule has 0 saturated carbocycles. The van der Waals surface area contributed by atoms with E-state index in [1.54, 1.807) is 0 Å². The normalized spacial score (nSPS) is 13.4. The molecule has 0 saturated heterocycles. The van der Waals surface area contributed by atoms with E-state index in [0.717, 1.165) is 101 Å². The van der Waals surface area contributed by atoms with Gasteiger partial charge in [-0.2, -0.15) is 26.3 Å². The van der Waals surface area contributed by atoms with E-state index in [9.17, 15) is 26.3 Å². The molecule has 0 aliphatic heterocycles. The molecular formula is C68H62F6N2. The molecule has 0 bridgehead atoms. The Balaban J connectivity index is 1.26. The molecule has 0 radical (unpaired) electrons. The van der Waals surface area contributed by atoms with E-state index in [1.807, 2.05) is 12.1 Å². The van der Waals surface area contributed by atoms with Gasteiger partial charge in [-0.3, -0.25) is 0 Å². The zero-order chi connectivity index (χ0) is 54.4. The van der Waals surface area contributed by atoms with Crippen LogP contribution in [-0.2, 0) is 34.0 Å². The van der Waals surface area contributed by atoms with E-state index >= 15 is 0 Å².